The van der Waals surface area contributed by atoms with Crippen LogP contribution in [0.15, 0.2) is 35.3 Å². The van der Waals surface area contributed by atoms with Gasteiger partial charge in [-0.3, -0.25) is 4.99 Å². The number of hydrogen-bond acceptors (Lipinski definition) is 1. The molecule has 0 radical (unpaired) electrons. The summed E-state index contributed by atoms with van der Waals surface area (Å²) in [4.78, 5) is 7.35. The zero-order valence-electron chi connectivity index (χ0n) is 10.5. The average molecular weight is 228 g/mol. The van der Waals surface area contributed by atoms with Crippen molar-refractivity contribution < 1.29 is 0 Å². The van der Waals surface area contributed by atoms with Gasteiger partial charge in [0, 0.05) is 20.0 Å². The lowest BCUT2D eigenvalue weighted by molar-refractivity contribution is 0.536. The van der Waals surface area contributed by atoms with Crippen LogP contribution in [0.5, 0.6) is 0 Å². The van der Waals surface area contributed by atoms with Crippen LogP contribution >= 0.6 is 0 Å². The van der Waals surface area contributed by atoms with Gasteiger partial charge in [-0.25, -0.2) is 0 Å². The Morgan fingerprint density at radius 2 is 2.00 bits per heavy atom. The maximum Gasteiger partial charge on any atom is 0.0994 e. The first-order chi connectivity index (χ1) is 8.34. The van der Waals surface area contributed by atoms with Gasteiger partial charge in [-0.2, -0.15) is 0 Å². The highest BCUT2D eigenvalue weighted by molar-refractivity contribution is 5.84. The van der Waals surface area contributed by atoms with Crippen molar-refractivity contribution in [3.63, 3.8) is 0 Å². The Morgan fingerprint density at radius 1 is 1.24 bits per heavy atom. The third-order valence-electron chi connectivity index (χ3n) is 3.83. The van der Waals surface area contributed by atoms with Crippen LogP contribution in [0.2, 0.25) is 0 Å². The maximum absolute atomic E-state index is 5.03. The Morgan fingerprint density at radius 3 is 2.59 bits per heavy atom. The molecule has 0 spiro atoms. The zero-order valence-corrected chi connectivity index (χ0v) is 10.5. The number of likely N-dealkylation sites (tertiary alicyclic amines) is 1. The number of amidine groups is 1. The summed E-state index contributed by atoms with van der Waals surface area (Å²) in [6, 6.07) is 11.2. The van der Waals surface area contributed by atoms with E-state index in [1.807, 2.05) is 0 Å². The summed E-state index contributed by atoms with van der Waals surface area (Å²) in [6.45, 7) is 1.17. The van der Waals surface area contributed by atoms with Crippen LogP contribution in [-0.2, 0) is 0 Å². The highest BCUT2D eigenvalue weighted by Crippen LogP contribution is 2.43. The second-order valence-electron chi connectivity index (χ2n) is 5.26. The minimum absolute atomic E-state index is 0.409. The molecule has 1 saturated heterocycles. The predicted octanol–water partition coefficient (Wildman–Crippen LogP) is 3.26. The molecule has 0 N–H and O–H groups in total. The molecular weight excluding hydrogens is 208 g/mol. The van der Waals surface area contributed by atoms with Gasteiger partial charge < -0.3 is 4.90 Å². The van der Waals surface area contributed by atoms with Crippen molar-refractivity contribution in [1.29, 1.82) is 0 Å². The van der Waals surface area contributed by atoms with Gasteiger partial charge in [-0.15, -0.1) is 0 Å². The van der Waals surface area contributed by atoms with Gasteiger partial charge in [-0.1, -0.05) is 30.3 Å². The first-order valence-electron chi connectivity index (χ1n) is 6.67. The summed E-state index contributed by atoms with van der Waals surface area (Å²) < 4.78 is 0. The van der Waals surface area contributed by atoms with Crippen LogP contribution in [0.3, 0.4) is 0 Å². The smallest absolute Gasteiger partial charge is 0.0994 e. The van der Waals surface area contributed by atoms with Gasteiger partial charge in [0.25, 0.3) is 0 Å². The molecule has 0 amide bonds. The number of rotatable bonds is 3. The lowest BCUT2D eigenvalue weighted by Gasteiger charge is -2.17. The van der Waals surface area contributed by atoms with E-state index in [2.05, 4.69) is 42.3 Å². The Bertz CT molecular complexity index is 406. The molecule has 2 aliphatic rings. The fourth-order valence-electron chi connectivity index (χ4n) is 2.63. The van der Waals surface area contributed by atoms with Gasteiger partial charge in [0.15, 0.2) is 0 Å². The topological polar surface area (TPSA) is 15.6 Å². The molecule has 1 aliphatic heterocycles. The van der Waals surface area contributed by atoms with Crippen molar-refractivity contribution in [3.8, 4) is 0 Å². The molecule has 0 aromatic heterocycles. The molecule has 1 aromatic carbocycles. The largest absolute Gasteiger partial charge is 0.363 e. The average Bonchev–Trinajstić information content (AvgIpc) is 3.12. The predicted molar refractivity (Wildman–Crippen MR) is 71.2 cm³/mol. The fourth-order valence-corrected chi connectivity index (χ4v) is 2.63. The van der Waals surface area contributed by atoms with E-state index in [-0.39, 0.29) is 0 Å². The summed E-state index contributed by atoms with van der Waals surface area (Å²) in [5, 5.41) is 0. The molecule has 0 bridgehead atoms. The molecule has 1 unspecified atom stereocenters. The standard InChI is InChI=1S/C15H20N2/c1-17-11-5-8-14(17)16-15(13-9-10-13)12-6-3-2-4-7-12/h2-4,6-7,13,15H,5,8-11H2,1H3/b16-14+. The number of benzene rings is 1. The molecule has 17 heavy (non-hydrogen) atoms. The van der Waals surface area contributed by atoms with E-state index in [0.29, 0.717) is 6.04 Å². The minimum atomic E-state index is 0.409. The van der Waals surface area contributed by atoms with Gasteiger partial charge in [-0.05, 0) is 30.7 Å². The Balaban J connectivity index is 1.86. The van der Waals surface area contributed by atoms with Crippen molar-refractivity contribution in [2.45, 2.75) is 31.7 Å². The molecule has 3 rings (SSSR count). The second-order valence-corrected chi connectivity index (χ2v) is 5.26. The summed E-state index contributed by atoms with van der Waals surface area (Å²) >= 11 is 0. The monoisotopic (exact) mass is 228 g/mol. The Labute approximate surface area is 103 Å². The maximum atomic E-state index is 5.03. The third kappa shape index (κ3) is 2.36. The molecule has 1 atom stereocenters. The lowest BCUT2D eigenvalue weighted by atomic mass is 10.0. The van der Waals surface area contributed by atoms with Crippen LogP contribution in [0, 0.1) is 5.92 Å². The quantitative estimate of drug-likeness (QED) is 0.775. The Hall–Kier alpha value is -1.31. The van der Waals surface area contributed by atoms with Gasteiger partial charge >= 0.3 is 0 Å². The van der Waals surface area contributed by atoms with Crippen molar-refractivity contribution in [2.75, 3.05) is 13.6 Å². The molecule has 90 valence electrons. The number of aliphatic imine (C=N–C) groups is 1. The van der Waals surface area contributed by atoms with Gasteiger partial charge in [0.2, 0.25) is 0 Å². The summed E-state index contributed by atoms with van der Waals surface area (Å²) in [7, 11) is 2.17. The number of hydrogen-bond donors (Lipinski definition) is 0. The van der Waals surface area contributed by atoms with E-state index in [4.69, 9.17) is 4.99 Å². The zero-order chi connectivity index (χ0) is 11.7. The molecule has 1 heterocycles. The first-order valence-corrected chi connectivity index (χ1v) is 6.67. The van der Waals surface area contributed by atoms with Crippen LogP contribution in [-0.4, -0.2) is 24.3 Å². The summed E-state index contributed by atoms with van der Waals surface area (Å²) in [5.74, 6) is 2.10. The van der Waals surface area contributed by atoms with Crippen molar-refractivity contribution in [1.82, 2.24) is 4.90 Å². The van der Waals surface area contributed by atoms with Crippen LogP contribution < -0.4 is 0 Å². The van der Waals surface area contributed by atoms with Crippen LogP contribution in [0.4, 0.5) is 0 Å². The van der Waals surface area contributed by atoms with Gasteiger partial charge in [0.1, 0.15) is 0 Å². The molecule has 2 fully saturated rings. The van der Waals surface area contributed by atoms with E-state index in [1.165, 1.54) is 37.2 Å². The van der Waals surface area contributed by atoms with Crippen molar-refractivity contribution >= 4 is 5.84 Å². The summed E-state index contributed by atoms with van der Waals surface area (Å²) in [6.07, 6.45) is 5.12. The van der Waals surface area contributed by atoms with Crippen molar-refractivity contribution in [2.24, 2.45) is 10.9 Å². The molecule has 1 aromatic rings. The van der Waals surface area contributed by atoms with E-state index >= 15 is 0 Å². The fraction of sp³-hybridized carbons (Fsp3) is 0.533. The highest BCUT2D eigenvalue weighted by atomic mass is 15.2. The van der Waals surface area contributed by atoms with Crippen LogP contribution in [0.1, 0.15) is 37.3 Å². The molecule has 1 saturated carbocycles. The minimum Gasteiger partial charge on any atom is -0.363 e. The second kappa shape index (κ2) is 4.52. The molecular formula is C15H20N2. The van der Waals surface area contributed by atoms with Crippen LogP contribution in [0.25, 0.3) is 0 Å². The lowest BCUT2D eigenvalue weighted by Crippen LogP contribution is -2.20. The molecule has 2 heteroatoms. The van der Waals surface area contributed by atoms with E-state index in [0.717, 1.165) is 12.3 Å². The van der Waals surface area contributed by atoms with Crippen molar-refractivity contribution in [3.05, 3.63) is 35.9 Å². The van der Waals surface area contributed by atoms with Gasteiger partial charge in [0.05, 0.1) is 11.9 Å². The highest BCUT2D eigenvalue weighted by Gasteiger charge is 2.33. The summed E-state index contributed by atoms with van der Waals surface area (Å²) in [5.41, 5.74) is 1.39. The molecule has 2 nitrogen and oxygen atoms in total. The first kappa shape index (κ1) is 10.8. The third-order valence-corrected chi connectivity index (χ3v) is 3.83. The molecule has 1 aliphatic carbocycles. The number of nitrogens with zero attached hydrogens (tertiary/aromatic N) is 2. The SMILES string of the molecule is CN1CCC/C1=N\C(c1ccccc1)C1CC1. The Kier molecular flexibility index (Phi) is 2.87. The normalized spacial score (nSPS) is 24.3. The van der Waals surface area contributed by atoms with E-state index in [1.54, 1.807) is 0 Å². The van der Waals surface area contributed by atoms with E-state index in [9.17, 15) is 0 Å². The van der Waals surface area contributed by atoms with E-state index < -0.39 is 0 Å².